The van der Waals surface area contributed by atoms with Crippen molar-refractivity contribution >= 4 is 6.09 Å². The van der Waals surface area contributed by atoms with E-state index in [4.69, 9.17) is 9.26 Å². The summed E-state index contributed by atoms with van der Waals surface area (Å²) < 4.78 is 10.5. The number of nitrogens with one attached hydrogen (secondary N) is 1. The number of aryl methyl sites for hydroxylation is 1. The number of aromatic nitrogens is 2. The summed E-state index contributed by atoms with van der Waals surface area (Å²) >= 11 is 0. The van der Waals surface area contributed by atoms with Gasteiger partial charge in [0.15, 0.2) is 5.82 Å². The third kappa shape index (κ3) is 5.02. The van der Waals surface area contributed by atoms with E-state index in [-0.39, 0.29) is 6.09 Å². The van der Waals surface area contributed by atoms with E-state index in [2.05, 4.69) is 15.5 Å². The van der Waals surface area contributed by atoms with Gasteiger partial charge in [0.25, 0.3) is 0 Å². The lowest BCUT2D eigenvalue weighted by molar-refractivity contribution is 0.0514. The smallest absolute Gasteiger partial charge is 0.407 e. The van der Waals surface area contributed by atoms with E-state index < -0.39 is 5.60 Å². The summed E-state index contributed by atoms with van der Waals surface area (Å²) in [6, 6.07) is 0. The van der Waals surface area contributed by atoms with E-state index in [0.29, 0.717) is 24.2 Å². The van der Waals surface area contributed by atoms with Crippen molar-refractivity contribution in [3.63, 3.8) is 0 Å². The molecule has 0 aromatic carbocycles. The first-order valence-corrected chi connectivity index (χ1v) is 7.60. The number of nitrogens with zero attached hydrogens (tertiary/aromatic N) is 2. The molecule has 118 valence electrons. The minimum Gasteiger partial charge on any atom is -0.444 e. The Balaban J connectivity index is 1.71. The second-order valence-corrected chi connectivity index (χ2v) is 6.78. The van der Waals surface area contributed by atoms with Crippen LogP contribution >= 0.6 is 0 Å². The highest BCUT2D eigenvalue weighted by Crippen LogP contribution is 2.34. The molecule has 21 heavy (non-hydrogen) atoms. The van der Waals surface area contributed by atoms with Gasteiger partial charge in [-0.25, -0.2) is 4.79 Å². The Morgan fingerprint density at radius 3 is 2.52 bits per heavy atom. The zero-order valence-electron chi connectivity index (χ0n) is 13.3. The Morgan fingerprint density at radius 1 is 1.33 bits per heavy atom. The normalized spacial score (nSPS) is 22.9. The number of carbonyl (C=O) groups excluding carboxylic acids is 1. The molecule has 1 heterocycles. The van der Waals surface area contributed by atoms with Crippen LogP contribution in [-0.4, -0.2) is 28.4 Å². The molecule has 6 heteroatoms. The largest absolute Gasteiger partial charge is 0.444 e. The SMILES string of the molecule is Cc1noc([C@H]2CC[C@H](CNC(=O)OC(C)(C)C)CC2)n1. The van der Waals surface area contributed by atoms with Crippen molar-refractivity contribution < 1.29 is 14.1 Å². The lowest BCUT2D eigenvalue weighted by Crippen LogP contribution is -2.36. The number of hydrogen-bond acceptors (Lipinski definition) is 5. The maximum absolute atomic E-state index is 11.6. The summed E-state index contributed by atoms with van der Waals surface area (Å²) in [5.41, 5.74) is -0.447. The maximum Gasteiger partial charge on any atom is 0.407 e. The number of alkyl carbamates (subject to hydrolysis) is 1. The Morgan fingerprint density at radius 2 is 2.00 bits per heavy atom. The predicted molar refractivity (Wildman–Crippen MR) is 78.0 cm³/mol. The fourth-order valence-electron chi connectivity index (χ4n) is 2.63. The van der Waals surface area contributed by atoms with E-state index in [9.17, 15) is 4.79 Å². The maximum atomic E-state index is 11.6. The van der Waals surface area contributed by atoms with Gasteiger partial charge in [-0.1, -0.05) is 5.16 Å². The van der Waals surface area contributed by atoms with Crippen molar-refractivity contribution in [3.8, 4) is 0 Å². The lowest BCUT2D eigenvalue weighted by atomic mass is 9.82. The minimum atomic E-state index is -0.447. The fraction of sp³-hybridized carbons (Fsp3) is 0.800. The van der Waals surface area contributed by atoms with E-state index >= 15 is 0 Å². The summed E-state index contributed by atoms with van der Waals surface area (Å²) in [4.78, 5) is 15.9. The number of carbonyl (C=O) groups is 1. The molecule has 6 nitrogen and oxygen atoms in total. The molecule has 0 saturated heterocycles. The first-order valence-electron chi connectivity index (χ1n) is 7.60. The Hall–Kier alpha value is -1.59. The molecule has 0 bridgehead atoms. The highest BCUT2D eigenvalue weighted by molar-refractivity contribution is 5.67. The minimum absolute atomic E-state index is 0.336. The second kappa shape index (κ2) is 6.45. The standard InChI is InChI=1S/C15H25N3O3/c1-10-17-13(21-18-10)12-7-5-11(6-8-12)9-16-14(19)20-15(2,3)4/h11-12H,5-9H2,1-4H3,(H,16,19)/t11-,12-. The number of amides is 1. The highest BCUT2D eigenvalue weighted by Gasteiger charge is 2.26. The third-order valence-corrected chi connectivity index (χ3v) is 3.67. The Kier molecular flexibility index (Phi) is 4.85. The molecule has 2 rings (SSSR count). The van der Waals surface area contributed by atoms with Gasteiger partial charge in [0, 0.05) is 12.5 Å². The van der Waals surface area contributed by atoms with Crippen LogP contribution in [0.5, 0.6) is 0 Å². The summed E-state index contributed by atoms with van der Waals surface area (Å²) in [5, 5.41) is 6.70. The molecule has 0 aliphatic heterocycles. The van der Waals surface area contributed by atoms with Crippen LogP contribution in [0.1, 0.15) is 64.1 Å². The lowest BCUT2D eigenvalue weighted by Gasteiger charge is -2.27. The van der Waals surface area contributed by atoms with Gasteiger partial charge in [-0.05, 0) is 59.3 Å². The molecule has 1 aromatic heterocycles. The van der Waals surface area contributed by atoms with Crippen LogP contribution in [-0.2, 0) is 4.74 Å². The van der Waals surface area contributed by atoms with Crippen molar-refractivity contribution in [2.24, 2.45) is 5.92 Å². The van der Waals surface area contributed by atoms with Gasteiger partial charge in [-0.15, -0.1) is 0 Å². The molecule has 1 aliphatic rings. The molecule has 1 saturated carbocycles. The molecule has 0 unspecified atom stereocenters. The van der Waals surface area contributed by atoms with Crippen LogP contribution in [0.25, 0.3) is 0 Å². The molecular formula is C15H25N3O3. The van der Waals surface area contributed by atoms with Crippen molar-refractivity contribution in [3.05, 3.63) is 11.7 Å². The summed E-state index contributed by atoms with van der Waals surface area (Å²) in [5.74, 6) is 2.31. The topological polar surface area (TPSA) is 77.2 Å². The average Bonchev–Trinajstić information content (AvgIpc) is 2.82. The number of rotatable bonds is 3. The van der Waals surface area contributed by atoms with Crippen LogP contribution in [0.4, 0.5) is 4.79 Å². The van der Waals surface area contributed by atoms with Gasteiger partial charge >= 0.3 is 6.09 Å². The van der Waals surface area contributed by atoms with E-state index in [1.165, 1.54) is 0 Å². The van der Waals surface area contributed by atoms with E-state index in [1.54, 1.807) is 0 Å². The second-order valence-electron chi connectivity index (χ2n) is 6.78. The molecule has 0 spiro atoms. The average molecular weight is 295 g/mol. The van der Waals surface area contributed by atoms with Gasteiger partial charge in [0.05, 0.1) is 0 Å². The zero-order valence-corrected chi connectivity index (χ0v) is 13.3. The molecule has 1 aliphatic carbocycles. The zero-order chi connectivity index (χ0) is 15.5. The summed E-state index contributed by atoms with van der Waals surface area (Å²) in [6.45, 7) is 8.10. The van der Waals surface area contributed by atoms with Crippen LogP contribution in [0.3, 0.4) is 0 Å². The van der Waals surface area contributed by atoms with Gasteiger partial charge in [0.1, 0.15) is 5.60 Å². The number of ether oxygens (including phenoxy) is 1. The Labute approximate surface area is 125 Å². The summed E-state index contributed by atoms with van der Waals surface area (Å²) in [6.07, 6.45) is 3.84. The van der Waals surface area contributed by atoms with Crippen molar-refractivity contribution in [1.29, 1.82) is 0 Å². The van der Waals surface area contributed by atoms with Crippen molar-refractivity contribution in [2.45, 2.75) is 64.9 Å². The third-order valence-electron chi connectivity index (χ3n) is 3.67. The molecular weight excluding hydrogens is 270 g/mol. The Bertz CT molecular complexity index is 471. The highest BCUT2D eigenvalue weighted by atomic mass is 16.6. The predicted octanol–water partition coefficient (Wildman–Crippen LogP) is 3.18. The van der Waals surface area contributed by atoms with E-state index in [1.807, 2.05) is 27.7 Å². The molecule has 1 N–H and O–H groups in total. The first-order chi connectivity index (χ1) is 9.83. The molecule has 1 amide bonds. The molecule has 1 fully saturated rings. The van der Waals surface area contributed by atoms with Crippen molar-refractivity contribution in [1.82, 2.24) is 15.5 Å². The molecule has 0 atom stereocenters. The van der Waals surface area contributed by atoms with Crippen LogP contribution in [0.15, 0.2) is 4.52 Å². The van der Waals surface area contributed by atoms with Crippen molar-refractivity contribution in [2.75, 3.05) is 6.54 Å². The monoisotopic (exact) mass is 295 g/mol. The quantitative estimate of drug-likeness (QED) is 0.926. The van der Waals surface area contributed by atoms with Gasteiger partial charge in [-0.2, -0.15) is 4.98 Å². The van der Waals surface area contributed by atoms with Crippen LogP contribution < -0.4 is 5.32 Å². The van der Waals surface area contributed by atoms with Gasteiger partial charge in [0.2, 0.25) is 5.89 Å². The van der Waals surface area contributed by atoms with Gasteiger partial charge in [-0.3, -0.25) is 0 Å². The molecule has 0 radical (unpaired) electrons. The summed E-state index contributed by atoms with van der Waals surface area (Å²) in [7, 11) is 0. The van der Waals surface area contributed by atoms with Crippen LogP contribution in [0.2, 0.25) is 0 Å². The first kappa shape index (κ1) is 15.8. The fourth-order valence-corrected chi connectivity index (χ4v) is 2.63. The van der Waals surface area contributed by atoms with Crippen LogP contribution in [0, 0.1) is 12.8 Å². The van der Waals surface area contributed by atoms with E-state index in [0.717, 1.165) is 31.6 Å². The van der Waals surface area contributed by atoms with Gasteiger partial charge < -0.3 is 14.6 Å². The molecule has 1 aromatic rings. The number of hydrogen-bond donors (Lipinski definition) is 1.